The normalized spacial score (nSPS) is 20.9. The van der Waals surface area contributed by atoms with Crippen molar-refractivity contribution in [3.05, 3.63) is 71.3 Å². The van der Waals surface area contributed by atoms with E-state index in [9.17, 15) is 4.79 Å². The lowest BCUT2D eigenvalue weighted by molar-refractivity contribution is -0.142. The Morgan fingerprint density at radius 3 is 2.32 bits per heavy atom. The van der Waals surface area contributed by atoms with E-state index in [1.807, 2.05) is 36.4 Å². The third kappa shape index (κ3) is 2.03. The lowest BCUT2D eigenvalue weighted by Crippen LogP contribution is -2.11. The van der Waals surface area contributed by atoms with Crippen LogP contribution >= 0.6 is 0 Å². The summed E-state index contributed by atoms with van der Waals surface area (Å²) in [4.78, 5) is 11.9. The van der Waals surface area contributed by atoms with Crippen molar-refractivity contribution in [2.24, 2.45) is 0 Å². The first-order valence-corrected chi connectivity index (χ1v) is 6.53. The van der Waals surface area contributed by atoms with Crippen molar-refractivity contribution in [3.8, 4) is 0 Å². The van der Waals surface area contributed by atoms with Gasteiger partial charge in [-0.2, -0.15) is 0 Å². The van der Waals surface area contributed by atoms with Crippen LogP contribution in [0.4, 0.5) is 0 Å². The Kier molecular flexibility index (Phi) is 3.08. The van der Waals surface area contributed by atoms with Gasteiger partial charge < -0.3 is 4.74 Å². The summed E-state index contributed by atoms with van der Waals surface area (Å²) in [6.07, 6.45) is 0.802. The van der Waals surface area contributed by atoms with E-state index in [0.717, 1.165) is 12.0 Å². The monoisotopic (exact) mass is 252 g/mol. The van der Waals surface area contributed by atoms with E-state index in [4.69, 9.17) is 4.74 Å². The van der Waals surface area contributed by atoms with Crippen LogP contribution in [0.2, 0.25) is 0 Å². The Balaban J connectivity index is 2.04. The van der Waals surface area contributed by atoms with E-state index in [0.29, 0.717) is 5.92 Å². The van der Waals surface area contributed by atoms with Gasteiger partial charge in [0.15, 0.2) is 0 Å². The number of benzene rings is 2. The molecule has 2 aromatic rings. The molecule has 0 N–H and O–H groups in total. The zero-order valence-corrected chi connectivity index (χ0v) is 10.9. The maximum absolute atomic E-state index is 11.9. The summed E-state index contributed by atoms with van der Waals surface area (Å²) >= 11 is 0. The lowest BCUT2D eigenvalue weighted by Gasteiger charge is -2.11. The largest absolute Gasteiger partial charge is 0.469 e. The molecule has 96 valence electrons. The molecule has 0 bridgehead atoms. The average Bonchev–Trinajstić information content (AvgIpc) is 2.87. The van der Waals surface area contributed by atoms with E-state index in [-0.39, 0.29) is 11.9 Å². The summed E-state index contributed by atoms with van der Waals surface area (Å²) in [5.74, 6) is 0.0267. The van der Waals surface area contributed by atoms with Gasteiger partial charge in [-0.1, -0.05) is 54.6 Å². The highest BCUT2D eigenvalue weighted by molar-refractivity contribution is 5.80. The standard InChI is InChI=1S/C17H16O2/c1-19-17(18)16-11-15(12-7-3-2-4-8-12)13-9-5-6-10-14(13)16/h2-10,15-16H,11H2,1H3. The van der Waals surface area contributed by atoms with Crippen LogP contribution < -0.4 is 0 Å². The first-order chi connectivity index (χ1) is 9.31. The summed E-state index contributed by atoms with van der Waals surface area (Å²) in [5, 5.41) is 0. The number of fused-ring (bicyclic) bond motifs is 1. The van der Waals surface area contributed by atoms with Gasteiger partial charge >= 0.3 is 5.97 Å². The summed E-state index contributed by atoms with van der Waals surface area (Å²) in [7, 11) is 1.46. The summed E-state index contributed by atoms with van der Waals surface area (Å²) in [6.45, 7) is 0. The molecule has 2 atom stereocenters. The quantitative estimate of drug-likeness (QED) is 0.765. The van der Waals surface area contributed by atoms with Crippen LogP contribution in [0.3, 0.4) is 0 Å². The molecule has 0 saturated carbocycles. The smallest absolute Gasteiger partial charge is 0.313 e. The fourth-order valence-electron chi connectivity index (χ4n) is 3.00. The topological polar surface area (TPSA) is 26.3 Å². The van der Waals surface area contributed by atoms with Crippen molar-refractivity contribution in [1.82, 2.24) is 0 Å². The van der Waals surface area contributed by atoms with E-state index in [1.165, 1.54) is 18.2 Å². The van der Waals surface area contributed by atoms with Gasteiger partial charge in [0.05, 0.1) is 13.0 Å². The molecule has 0 aliphatic heterocycles. The maximum atomic E-state index is 11.9. The van der Waals surface area contributed by atoms with Crippen LogP contribution in [0.25, 0.3) is 0 Å². The fraction of sp³-hybridized carbons (Fsp3) is 0.235. The van der Waals surface area contributed by atoms with Gasteiger partial charge in [-0.05, 0) is 23.1 Å². The molecular formula is C17H16O2. The summed E-state index contributed by atoms with van der Waals surface area (Å²) in [5.41, 5.74) is 3.63. The predicted octanol–water partition coefficient (Wildman–Crippen LogP) is 3.48. The number of carbonyl (C=O) groups excluding carboxylic acids is 1. The highest BCUT2D eigenvalue weighted by Crippen LogP contribution is 2.45. The van der Waals surface area contributed by atoms with Crippen molar-refractivity contribution in [3.63, 3.8) is 0 Å². The highest BCUT2D eigenvalue weighted by Gasteiger charge is 2.36. The molecule has 2 heteroatoms. The van der Waals surface area contributed by atoms with Gasteiger partial charge in [0, 0.05) is 5.92 Å². The van der Waals surface area contributed by atoms with Gasteiger partial charge in [0.1, 0.15) is 0 Å². The summed E-state index contributed by atoms with van der Waals surface area (Å²) in [6, 6.07) is 18.5. The zero-order chi connectivity index (χ0) is 13.2. The van der Waals surface area contributed by atoms with Crippen LogP contribution in [0.1, 0.15) is 34.9 Å². The molecular weight excluding hydrogens is 236 g/mol. The highest BCUT2D eigenvalue weighted by atomic mass is 16.5. The molecule has 19 heavy (non-hydrogen) atoms. The Hall–Kier alpha value is -2.09. The van der Waals surface area contributed by atoms with E-state index in [1.54, 1.807) is 0 Å². The molecule has 2 aromatic carbocycles. The van der Waals surface area contributed by atoms with Crippen molar-refractivity contribution >= 4 is 5.97 Å². The Bertz CT molecular complexity index is 589. The molecule has 0 amide bonds. The van der Waals surface area contributed by atoms with E-state index < -0.39 is 0 Å². The van der Waals surface area contributed by atoms with E-state index in [2.05, 4.69) is 18.2 Å². The van der Waals surface area contributed by atoms with Gasteiger partial charge in [-0.25, -0.2) is 0 Å². The van der Waals surface area contributed by atoms with Crippen molar-refractivity contribution in [2.75, 3.05) is 7.11 Å². The van der Waals surface area contributed by atoms with Crippen LogP contribution in [0.15, 0.2) is 54.6 Å². The number of hydrogen-bond acceptors (Lipinski definition) is 2. The molecule has 0 spiro atoms. The minimum Gasteiger partial charge on any atom is -0.469 e. The number of methoxy groups -OCH3 is 1. The number of hydrogen-bond donors (Lipinski definition) is 0. The molecule has 0 radical (unpaired) electrons. The third-order valence-electron chi connectivity index (χ3n) is 3.91. The third-order valence-corrected chi connectivity index (χ3v) is 3.91. The molecule has 1 aliphatic rings. The molecule has 2 unspecified atom stereocenters. The minimum absolute atomic E-state index is 0.133. The number of esters is 1. The molecule has 3 rings (SSSR count). The van der Waals surface area contributed by atoms with Crippen molar-refractivity contribution in [1.29, 1.82) is 0 Å². The fourth-order valence-corrected chi connectivity index (χ4v) is 3.00. The Morgan fingerprint density at radius 1 is 1.00 bits per heavy atom. The average molecular weight is 252 g/mol. The van der Waals surface area contributed by atoms with Gasteiger partial charge in [0.2, 0.25) is 0 Å². The Labute approximate surface area is 113 Å². The number of ether oxygens (including phenoxy) is 1. The second-order valence-corrected chi connectivity index (χ2v) is 4.90. The van der Waals surface area contributed by atoms with Gasteiger partial charge in [-0.15, -0.1) is 0 Å². The van der Waals surface area contributed by atoms with Crippen molar-refractivity contribution < 1.29 is 9.53 Å². The second-order valence-electron chi connectivity index (χ2n) is 4.90. The van der Waals surface area contributed by atoms with Crippen LogP contribution in [-0.4, -0.2) is 13.1 Å². The number of rotatable bonds is 2. The van der Waals surface area contributed by atoms with Crippen LogP contribution in [0.5, 0.6) is 0 Å². The molecule has 1 aliphatic carbocycles. The van der Waals surface area contributed by atoms with Crippen LogP contribution in [0, 0.1) is 0 Å². The maximum Gasteiger partial charge on any atom is 0.313 e. The van der Waals surface area contributed by atoms with Gasteiger partial charge in [0.25, 0.3) is 0 Å². The molecule has 2 nitrogen and oxygen atoms in total. The second kappa shape index (κ2) is 4.88. The van der Waals surface area contributed by atoms with E-state index >= 15 is 0 Å². The number of carbonyl (C=O) groups is 1. The zero-order valence-electron chi connectivity index (χ0n) is 10.9. The molecule has 0 aromatic heterocycles. The van der Waals surface area contributed by atoms with Gasteiger partial charge in [-0.3, -0.25) is 4.79 Å². The van der Waals surface area contributed by atoms with Crippen LogP contribution in [-0.2, 0) is 9.53 Å². The molecule has 0 saturated heterocycles. The Morgan fingerprint density at radius 2 is 1.63 bits per heavy atom. The molecule has 0 heterocycles. The summed E-state index contributed by atoms with van der Waals surface area (Å²) < 4.78 is 4.94. The first kappa shape index (κ1) is 12.0. The molecule has 0 fully saturated rings. The first-order valence-electron chi connectivity index (χ1n) is 6.53. The lowest BCUT2D eigenvalue weighted by atomic mass is 9.93. The predicted molar refractivity (Wildman–Crippen MR) is 74.1 cm³/mol. The minimum atomic E-state index is -0.133. The van der Waals surface area contributed by atoms with Crippen molar-refractivity contribution in [2.45, 2.75) is 18.3 Å². The SMILES string of the molecule is COC(=O)C1CC(c2ccccc2)c2ccccc21.